The topological polar surface area (TPSA) is 78.4 Å². The second-order valence-electron chi connectivity index (χ2n) is 7.11. The number of rotatable bonds is 3. The number of nitrogens with one attached hydrogen (secondary N) is 2. The zero-order valence-electron chi connectivity index (χ0n) is 13.7. The molecule has 1 spiro atoms. The first-order valence-electron chi connectivity index (χ1n) is 8.30. The van der Waals surface area contributed by atoms with E-state index in [1.54, 1.807) is 6.07 Å². The summed E-state index contributed by atoms with van der Waals surface area (Å²) < 4.78 is 0. The Morgan fingerprint density at radius 3 is 2.74 bits per heavy atom. The first-order valence-corrected chi connectivity index (χ1v) is 8.30. The Morgan fingerprint density at radius 2 is 2.09 bits per heavy atom. The Bertz CT molecular complexity index is 641. The summed E-state index contributed by atoms with van der Waals surface area (Å²) in [6, 6.07) is 5.64. The van der Waals surface area contributed by atoms with E-state index in [4.69, 9.17) is 0 Å². The number of amides is 2. The minimum atomic E-state index is -0.844. The van der Waals surface area contributed by atoms with Gasteiger partial charge < -0.3 is 15.7 Å². The summed E-state index contributed by atoms with van der Waals surface area (Å²) in [6.07, 6.45) is 2.46. The monoisotopic (exact) mass is 316 g/mol. The van der Waals surface area contributed by atoms with Gasteiger partial charge in [0.15, 0.2) is 0 Å². The number of carbonyl (C=O) groups excluding carboxylic acids is 2. The molecule has 5 heteroatoms. The summed E-state index contributed by atoms with van der Waals surface area (Å²) in [5.41, 5.74) is 2.62. The second-order valence-corrected chi connectivity index (χ2v) is 7.11. The van der Waals surface area contributed by atoms with Crippen molar-refractivity contribution in [3.63, 3.8) is 0 Å². The minimum absolute atomic E-state index is 0.0303. The summed E-state index contributed by atoms with van der Waals surface area (Å²) in [5.74, 6) is -0.116. The van der Waals surface area contributed by atoms with Gasteiger partial charge in [0.2, 0.25) is 5.91 Å². The van der Waals surface area contributed by atoms with E-state index in [0.29, 0.717) is 5.56 Å². The van der Waals surface area contributed by atoms with Gasteiger partial charge in [-0.3, -0.25) is 9.59 Å². The predicted octanol–water partition coefficient (Wildman–Crippen LogP) is 1.39. The van der Waals surface area contributed by atoms with Crippen LogP contribution in [0, 0.1) is 11.3 Å². The maximum absolute atomic E-state index is 12.2. The van der Waals surface area contributed by atoms with Crippen molar-refractivity contribution in [1.29, 1.82) is 0 Å². The van der Waals surface area contributed by atoms with Crippen LogP contribution in [0.15, 0.2) is 18.2 Å². The molecule has 1 aromatic rings. The zero-order valence-corrected chi connectivity index (χ0v) is 13.7. The van der Waals surface area contributed by atoms with Gasteiger partial charge in [-0.15, -0.1) is 0 Å². The van der Waals surface area contributed by atoms with Gasteiger partial charge in [0.1, 0.15) is 6.23 Å². The molecule has 0 saturated carbocycles. The molecule has 2 atom stereocenters. The van der Waals surface area contributed by atoms with Crippen LogP contribution in [-0.2, 0) is 17.6 Å². The molecular weight excluding hydrogens is 292 g/mol. The van der Waals surface area contributed by atoms with Crippen LogP contribution >= 0.6 is 0 Å². The van der Waals surface area contributed by atoms with Crippen LogP contribution in [0.5, 0.6) is 0 Å². The van der Waals surface area contributed by atoms with E-state index >= 15 is 0 Å². The standard InChI is InChI=1S/C18H24N2O3/c1-11(2)15(21)20-16(22)13-3-4-14-10-18(6-5-12(14)9-13)7-8-19-17(18)23/h3-4,9,11,15,21H,5-8,10H2,1-2H3,(H,19,23)(H,20,22)/t15-,18?/m1/s1. The second kappa shape index (κ2) is 5.96. The average Bonchev–Trinajstić information content (AvgIpc) is 2.87. The summed E-state index contributed by atoms with van der Waals surface area (Å²) >= 11 is 0. The predicted molar refractivity (Wildman–Crippen MR) is 86.8 cm³/mol. The fourth-order valence-electron chi connectivity index (χ4n) is 3.51. The Hall–Kier alpha value is -1.88. The van der Waals surface area contributed by atoms with Crippen LogP contribution < -0.4 is 10.6 Å². The fourth-order valence-corrected chi connectivity index (χ4v) is 3.51. The molecule has 1 saturated heterocycles. The van der Waals surface area contributed by atoms with Crippen molar-refractivity contribution in [2.45, 2.75) is 45.8 Å². The molecule has 1 aromatic carbocycles. The molecule has 0 radical (unpaired) electrons. The molecule has 23 heavy (non-hydrogen) atoms. The lowest BCUT2D eigenvalue weighted by Crippen LogP contribution is -2.38. The van der Waals surface area contributed by atoms with Crippen molar-refractivity contribution < 1.29 is 14.7 Å². The molecule has 2 aliphatic rings. The highest BCUT2D eigenvalue weighted by Gasteiger charge is 2.44. The Kier molecular flexibility index (Phi) is 4.15. The Balaban J connectivity index is 1.77. The van der Waals surface area contributed by atoms with Crippen LogP contribution in [0.4, 0.5) is 0 Å². The molecule has 1 heterocycles. The molecule has 3 rings (SSSR count). The van der Waals surface area contributed by atoms with E-state index in [1.165, 1.54) is 0 Å². The lowest BCUT2D eigenvalue weighted by atomic mass is 9.70. The largest absolute Gasteiger partial charge is 0.373 e. The Labute approximate surface area is 136 Å². The number of aliphatic hydroxyl groups is 1. The van der Waals surface area contributed by atoms with Gasteiger partial charge in [-0.2, -0.15) is 0 Å². The van der Waals surface area contributed by atoms with Crippen molar-refractivity contribution in [1.82, 2.24) is 10.6 Å². The molecule has 1 fully saturated rings. The van der Waals surface area contributed by atoms with Gasteiger partial charge in [-0.1, -0.05) is 19.9 Å². The molecule has 5 nitrogen and oxygen atoms in total. The van der Waals surface area contributed by atoms with Crippen LogP contribution in [0.2, 0.25) is 0 Å². The molecule has 0 bridgehead atoms. The van der Waals surface area contributed by atoms with Crippen LogP contribution in [-0.4, -0.2) is 29.7 Å². The highest BCUT2D eigenvalue weighted by atomic mass is 16.3. The van der Waals surface area contributed by atoms with Crippen molar-refractivity contribution in [3.05, 3.63) is 34.9 Å². The number of aryl methyl sites for hydroxylation is 1. The number of carbonyl (C=O) groups is 2. The molecule has 1 aliphatic heterocycles. The van der Waals surface area contributed by atoms with E-state index in [2.05, 4.69) is 10.6 Å². The van der Waals surface area contributed by atoms with Gasteiger partial charge in [0.05, 0.1) is 5.41 Å². The van der Waals surface area contributed by atoms with Crippen LogP contribution in [0.1, 0.15) is 48.2 Å². The third-order valence-electron chi connectivity index (χ3n) is 5.15. The minimum Gasteiger partial charge on any atom is -0.373 e. The molecule has 3 N–H and O–H groups in total. The van der Waals surface area contributed by atoms with Gasteiger partial charge in [0, 0.05) is 12.1 Å². The number of hydrogen-bond donors (Lipinski definition) is 3. The number of benzene rings is 1. The van der Waals surface area contributed by atoms with Crippen molar-refractivity contribution in [2.24, 2.45) is 11.3 Å². The van der Waals surface area contributed by atoms with Crippen molar-refractivity contribution >= 4 is 11.8 Å². The summed E-state index contributed by atoms with van der Waals surface area (Å²) in [4.78, 5) is 24.3. The Morgan fingerprint density at radius 1 is 1.30 bits per heavy atom. The van der Waals surface area contributed by atoms with Crippen LogP contribution in [0.25, 0.3) is 0 Å². The first kappa shape index (κ1) is 16.0. The van der Waals surface area contributed by atoms with Crippen molar-refractivity contribution in [3.8, 4) is 0 Å². The van der Waals surface area contributed by atoms with E-state index in [0.717, 1.165) is 43.4 Å². The highest BCUT2D eigenvalue weighted by Crippen LogP contribution is 2.41. The molecule has 2 amide bonds. The van der Waals surface area contributed by atoms with E-state index in [9.17, 15) is 14.7 Å². The fraction of sp³-hybridized carbons (Fsp3) is 0.556. The molecule has 0 aromatic heterocycles. The van der Waals surface area contributed by atoms with Gasteiger partial charge in [-0.05, 0) is 54.9 Å². The summed E-state index contributed by atoms with van der Waals surface area (Å²) in [5, 5.41) is 15.3. The van der Waals surface area contributed by atoms with Crippen LogP contribution in [0.3, 0.4) is 0 Å². The van der Waals surface area contributed by atoms with Gasteiger partial charge >= 0.3 is 0 Å². The quantitative estimate of drug-likeness (QED) is 0.737. The number of hydrogen-bond acceptors (Lipinski definition) is 3. The lowest BCUT2D eigenvalue weighted by Gasteiger charge is -2.32. The third-order valence-corrected chi connectivity index (χ3v) is 5.15. The van der Waals surface area contributed by atoms with E-state index < -0.39 is 6.23 Å². The summed E-state index contributed by atoms with van der Waals surface area (Å²) in [7, 11) is 0. The van der Waals surface area contributed by atoms with Crippen molar-refractivity contribution in [2.75, 3.05) is 6.54 Å². The third kappa shape index (κ3) is 2.98. The smallest absolute Gasteiger partial charge is 0.253 e. The maximum Gasteiger partial charge on any atom is 0.253 e. The SMILES string of the molecule is CC(C)[C@@H](O)NC(=O)c1ccc2c(c1)CCC1(CCNC1=O)C2. The summed E-state index contributed by atoms with van der Waals surface area (Å²) in [6.45, 7) is 4.47. The molecule has 1 unspecified atom stereocenters. The first-order chi connectivity index (χ1) is 10.9. The average molecular weight is 316 g/mol. The molecule has 124 valence electrons. The zero-order chi connectivity index (χ0) is 16.6. The molecular formula is C18H24N2O3. The number of aliphatic hydroxyl groups excluding tert-OH is 1. The number of fused-ring (bicyclic) bond motifs is 1. The molecule has 1 aliphatic carbocycles. The maximum atomic E-state index is 12.2. The van der Waals surface area contributed by atoms with Gasteiger partial charge in [0.25, 0.3) is 5.91 Å². The highest BCUT2D eigenvalue weighted by molar-refractivity contribution is 5.94. The normalized spacial score (nSPS) is 24.4. The van der Waals surface area contributed by atoms with E-state index in [-0.39, 0.29) is 23.1 Å². The van der Waals surface area contributed by atoms with Gasteiger partial charge in [-0.25, -0.2) is 0 Å². The van der Waals surface area contributed by atoms with E-state index in [1.807, 2.05) is 26.0 Å². The lowest BCUT2D eigenvalue weighted by molar-refractivity contribution is -0.128.